The van der Waals surface area contributed by atoms with Crippen LogP contribution in [0.25, 0.3) is 11.3 Å². The molecule has 0 bridgehead atoms. The average Bonchev–Trinajstić information content (AvgIpc) is 2.92. The standard InChI is InChI=1S/C16H12FN3OS/c17-11-8-4-5-9-12(11)19-15(21)14-13(20-16(18)22-14)10-6-2-1-3-7-10/h1-9H,(H2,18,20)(H,19,21). The number of thiazole rings is 1. The molecule has 4 nitrogen and oxygen atoms in total. The number of para-hydroxylation sites is 1. The van der Waals surface area contributed by atoms with Crippen LogP contribution in [0, 0.1) is 5.82 Å². The summed E-state index contributed by atoms with van der Waals surface area (Å²) in [5.74, 6) is -0.923. The van der Waals surface area contributed by atoms with Crippen molar-refractivity contribution in [1.82, 2.24) is 4.98 Å². The van der Waals surface area contributed by atoms with Gasteiger partial charge in [-0.1, -0.05) is 53.8 Å². The van der Waals surface area contributed by atoms with Gasteiger partial charge >= 0.3 is 0 Å². The monoisotopic (exact) mass is 313 g/mol. The molecule has 3 aromatic rings. The van der Waals surface area contributed by atoms with E-state index in [0.717, 1.165) is 16.9 Å². The molecule has 0 aliphatic rings. The van der Waals surface area contributed by atoms with Gasteiger partial charge in [-0.2, -0.15) is 0 Å². The van der Waals surface area contributed by atoms with E-state index < -0.39 is 11.7 Å². The number of anilines is 2. The van der Waals surface area contributed by atoms with Gasteiger partial charge in [-0.15, -0.1) is 0 Å². The maximum absolute atomic E-state index is 13.6. The summed E-state index contributed by atoms with van der Waals surface area (Å²) in [5.41, 5.74) is 7.14. The molecule has 3 rings (SSSR count). The average molecular weight is 313 g/mol. The van der Waals surface area contributed by atoms with Crippen molar-refractivity contribution in [3.05, 3.63) is 65.3 Å². The van der Waals surface area contributed by atoms with E-state index >= 15 is 0 Å². The van der Waals surface area contributed by atoms with Crippen LogP contribution in [0.15, 0.2) is 54.6 Å². The molecule has 0 aliphatic heterocycles. The zero-order valence-corrected chi connectivity index (χ0v) is 12.2. The van der Waals surface area contributed by atoms with E-state index in [1.165, 1.54) is 12.1 Å². The molecule has 1 heterocycles. The third kappa shape index (κ3) is 2.82. The number of amides is 1. The predicted octanol–water partition coefficient (Wildman–Crippen LogP) is 3.78. The minimum absolute atomic E-state index is 0.124. The van der Waals surface area contributed by atoms with Crippen LogP contribution >= 0.6 is 11.3 Å². The lowest BCUT2D eigenvalue weighted by Gasteiger charge is -2.06. The number of benzene rings is 2. The molecule has 0 radical (unpaired) electrons. The lowest BCUT2D eigenvalue weighted by Crippen LogP contribution is -2.12. The largest absolute Gasteiger partial charge is 0.375 e. The molecule has 0 fully saturated rings. The van der Waals surface area contributed by atoms with Crippen molar-refractivity contribution >= 4 is 28.1 Å². The molecule has 0 spiro atoms. The number of nitrogens with zero attached hydrogens (tertiary/aromatic N) is 1. The molecular weight excluding hydrogens is 301 g/mol. The van der Waals surface area contributed by atoms with Crippen molar-refractivity contribution < 1.29 is 9.18 Å². The Balaban J connectivity index is 1.95. The Labute approximate surface area is 130 Å². The molecular formula is C16H12FN3OS. The molecule has 22 heavy (non-hydrogen) atoms. The van der Waals surface area contributed by atoms with Gasteiger partial charge in [-0.05, 0) is 12.1 Å². The lowest BCUT2D eigenvalue weighted by molar-refractivity contribution is 0.103. The topological polar surface area (TPSA) is 68.0 Å². The lowest BCUT2D eigenvalue weighted by atomic mass is 10.1. The Bertz CT molecular complexity index is 817. The van der Waals surface area contributed by atoms with Gasteiger partial charge in [0.25, 0.3) is 5.91 Å². The van der Waals surface area contributed by atoms with E-state index in [2.05, 4.69) is 10.3 Å². The first-order valence-corrected chi connectivity index (χ1v) is 7.34. The molecule has 110 valence electrons. The number of carbonyl (C=O) groups excluding carboxylic acids is 1. The van der Waals surface area contributed by atoms with Gasteiger partial charge in [-0.25, -0.2) is 9.37 Å². The van der Waals surface area contributed by atoms with Crippen LogP contribution in [0.5, 0.6) is 0 Å². The maximum atomic E-state index is 13.6. The number of nitrogens with one attached hydrogen (secondary N) is 1. The summed E-state index contributed by atoms with van der Waals surface area (Å²) in [4.78, 5) is 17.0. The molecule has 2 aromatic carbocycles. The van der Waals surface area contributed by atoms with Gasteiger partial charge in [0.05, 0.1) is 11.4 Å². The van der Waals surface area contributed by atoms with Gasteiger partial charge in [-0.3, -0.25) is 4.79 Å². The summed E-state index contributed by atoms with van der Waals surface area (Å²) in [6.45, 7) is 0. The number of hydrogen-bond donors (Lipinski definition) is 2. The van der Waals surface area contributed by atoms with Crippen molar-refractivity contribution in [2.24, 2.45) is 0 Å². The number of rotatable bonds is 3. The zero-order chi connectivity index (χ0) is 15.5. The Morgan fingerprint density at radius 2 is 1.77 bits per heavy atom. The summed E-state index contributed by atoms with van der Waals surface area (Å²) >= 11 is 1.07. The molecule has 6 heteroatoms. The van der Waals surface area contributed by atoms with Crippen LogP contribution in [0.3, 0.4) is 0 Å². The van der Waals surface area contributed by atoms with E-state index in [1.54, 1.807) is 12.1 Å². The van der Waals surface area contributed by atoms with Crippen LogP contribution < -0.4 is 11.1 Å². The minimum Gasteiger partial charge on any atom is -0.375 e. The van der Waals surface area contributed by atoms with Crippen molar-refractivity contribution in [3.8, 4) is 11.3 Å². The Morgan fingerprint density at radius 3 is 2.50 bits per heavy atom. The molecule has 0 saturated carbocycles. The van der Waals surface area contributed by atoms with Crippen LogP contribution in [-0.4, -0.2) is 10.9 Å². The quantitative estimate of drug-likeness (QED) is 0.773. The van der Waals surface area contributed by atoms with Crippen molar-refractivity contribution in [2.75, 3.05) is 11.1 Å². The van der Waals surface area contributed by atoms with Gasteiger partial charge < -0.3 is 11.1 Å². The first-order chi connectivity index (χ1) is 10.6. The fourth-order valence-electron chi connectivity index (χ4n) is 2.02. The van der Waals surface area contributed by atoms with Gasteiger partial charge in [0.1, 0.15) is 10.7 Å². The zero-order valence-electron chi connectivity index (χ0n) is 11.4. The SMILES string of the molecule is Nc1nc(-c2ccccc2)c(C(=O)Nc2ccccc2F)s1. The predicted molar refractivity (Wildman–Crippen MR) is 86.3 cm³/mol. The fraction of sp³-hybridized carbons (Fsp3) is 0. The van der Waals surface area contributed by atoms with Crippen LogP contribution in [0.4, 0.5) is 15.2 Å². The van der Waals surface area contributed by atoms with E-state index in [1.807, 2.05) is 30.3 Å². The second kappa shape index (κ2) is 5.95. The summed E-state index contributed by atoms with van der Waals surface area (Å²) in [6.07, 6.45) is 0. The van der Waals surface area contributed by atoms with Crippen molar-refractivity contribution in [2.45, 2.75) is 0 Å². The molecule has 3 N–H and O–H groups in total. The summed E-state index contributed by atoms with van der Waals surface area (Å²) < 4.78 is 13.6. The fourth-order valence-corrected chi connectivity index (χ4v) is 2.77. The Hall–Kier alpha value is -2.73. The van der Waals surface area contributed by atoms with Gasteiger partial charge in [0, 0.05) is 5.56 Å². The highest BCUT2D eigenvalue weighted by Gasteiger charge is 2.19. The number of aromatic nitrogens is 1. The van der Waals surface area contributed by atoms with Crippen LogP contribution in [-0.2, 0) is 0 Å². The summed E-state index contributed by atoms with van der Waals surface area (Å²) in [7, 11) is 0. The Morgan fingerprint density at radius 1 is 1.09 bits per heavy atom. The minimum atomic E-state index is -0.491. The smallest absolute Gasteiger partial charge is 0.268 e. The van der Waals surface area contributed by atoms with Crippen molar-refractivity contribution in [1.29, 1.82) is 0 Å². The second-order valence-corrected chi connectivity index (χ2v) is 5.56. The highest BCUT2D eigenvalue weighted by Crippen LogP contribution is 2.30. The molecule has 0 atom stereocenters. The normalized spacial score (nSPS) is 10.4. The van der Waals surface area contributed by atoms with E-state index in [4.69, 9.17) is 5.73 Å². The summed E-state index contributed by atoms with van der Waals surface area (Å²) in [5, 5.41) is 2.84. The third-order valence-corrected chi connectivity index (χ3v) is 3.90. The first-order valence-electron chi connectivity index (χ1n) is 6.53. The van der Waals surface area contributed by atoms with Crippen molar-refractivity contribution in [3.63, 3.8) is 0 Å². The molecule has 1 aromatic heterocycles. The molecule has 0 saturated heterocycles. The van der Waals surface area contributed by atoms with Gasteiger partial charge in [0.15, 0.2) is 5.13 Å². The first kappa shape index (κ1) is 14.2. The van der Waals surface area contributed by atoms with E-state index in [-0.39, 0.29) is 10.8 Å². The number of nitrogens with two attached hydrogens (primary N) is 1. The van der Waals surface area contributed by atoms with Crippen LogP contribution in [0.2, 0.25) is 0 Å². The highest BCUT2D eigenvalue weighted by molar-refractivity contribution is 7.17. The van der Waals surface area contributed by atoms with E-state index in [9.17, 15) is 9.18 Å². The number of hydrogen-bond acceptors (Lipinski definition) is 4. The molecule has 0 aliphatic carbocycles. The molecule has 1 amide bonds. The number of halogens is 1. The maximum Gasteiger partial charge on any atom is 0.268 e. The van der Waals surface area contributed by atoms with E-state index in [0.29, 0.717) is 10.6 Å². The number of carbonyl (C=O) groups is 1. The number of nitrogen functional groups attached to an aromatic ring is 1. The Kier molecular flexibility index (Phi) is 3.84. The van der Waals surface area contributed by atoms with Gasteiger partial charge in [0.2, 0.25) is 0 Å². The van der Waals surface area contributed by atoms with Crippen LogP contribution in [0.1, 0.15) is 9.67 Å². The molecule has 0 unspecified atom stereocenters. The second-order valence-electron chi connectivity index (χ2n) is 4.53. The third-order valence-electron chi connectivity index (χ3n) is 3.02. The highest BCUT2D eigenvalue weighted by atomic mass is 32.1. The summed E-state index contributed by atoms with van der Waals surface area (Å²) in [6, 6.07) is 15.3.